The van der Waals surface area contributed by atoms with E-state index in [1.165, 1.54) is 6.42 Å². The summed E-state index contributed by atoms with van der Waals surface area (Å²) in [6.07, 6.45) is 3.27. The zero-order chi connectivity index (χ0) is 14.3. The van der Waals surface area contributed by atoms with Crippen LogP contribution in [0.5, 0.6) is 0 Å². The van der Waals surface area contributed by atoms with E-state index in [-0.39, 0.29) is 11.2 Å². The quantitative estimate of drug-likeness (QED) is 0.930. The van der Waals surface area contributed by atoms with Crippen molar-refractivity contribution in [3.8, 4) is 0 Å². The first-order chi connectivity index (χ1) is 9.56. The number of aryl methyl sites for hydroxylation is 1. The van der Waals surface area contributed by atoms with Gasteiger partial charge in [-0.15, -0.1) is 0 Å². The molecule has 0 aliphatic heterocycles. The molecule has 1 saturated carbocycles. The molecular formula is C15H18N2O3. The molecule has 1 heterocycles. The van der Waals surface area contributed by atoms with Crippen LogP contribution in [-0.2, 0) is 11.3 Å². The average Bonchev–Trinajstić information content (AvgIpc) is 2.69. The van der Waals surface area contributed by atoms with Crippen LogP contribution in [0.4, 0.5) is 0 Å². The van der Waals surface area contributed by atoms with Crippen LogP contribution in [-0.4, -0.2) is 33.3 Å². The van der Waals surface area contributed by atoms with Crippen molar-refractivity contribution in [2.24, 2.45) is 0 Å². The van der Waals surface area contributed by atoms with Crippen LogP contribution in [0.2, 0.25) is 0 Å². The standard InChI is InChI=1S/C15H18N2O3/c1-10-16-13-11(14(18)19)5-3-6-12(13)17(10)9-15(20-2)7-4-8-15/h3,5-6H,4,7-9H2,1-2H3,(H,18,19). The highest BCUT2D eigenvalue weighted by molar-refractivity contribution is 6.01. The molecule has 1 aromatic carbocycles. The number of fused-ring (bicyclic) bond motifs is 1. The zero-order valence-electron chi connectivity index (χ0n) is 11.7. The topological polar surface area (TPSA) is 64.4 Å². The highest BCUT2D eigenvalue weighted by Gasteiger charge is 2.38. The van der Waals surface area contributed by atoms with E-state index >= 15 is 0 Å². The second-order valence-corrected chi connectivity index (χ2v) is 5.46. The minimum atomic E-state index is -0.939. The molecule has 0 atom stereocenters. The Bertz CT molecular complexity index is 666. The van der Waals surface area contributed by atoms with Crippen molar-refractivity contribution in [3.63, 3.8) is 0 Å². The third kappa shape index (κ3) is 1.89. The van der Waals surface area contributed by atoms with E-state index in [1.54, 1.807) is 19.2 Å². The van der Waals surface area contributed by atoms with Crippen molar-refractivity contribution in [1.29, 1.82) is 0 Å². The lowest BCUT2D eigenvalue weighted by molar-refractivity contribution is -0.0831. The van der Waals surface area contributed by atoms with E-state index in [9.17, 15) is 9.90 Å². The number of carbonyl (C=O) groups is 1. The molecule has 106 valence electrons. The van der Waals surface area contributed by atoms with Crippen molar-refractivity contribution >= 4 is 17.0 Å². The molecule has 1 fully saturated rings. The summed E-state index contributed by atoms with van der Waals surface area (Å²) in [5, 5.41) is 9.25. The van der Waals surface area contributed by atoms with E-state index in [0.717, 1.165) is 30.7 Å². The number of imidazole rings is 1. The van der Waals surface area contributed by atoms with Gasteiger partial charge >= 0.3 is 5.97 Å². The Morgan fingerprint density at radius 3 is 2.80 bits per heavy atom. The molecule has 0 bridgehead atoms. The number of para-hydroxylation sites is 1. The third-order valence-electron chi connectivity index (χ3n) is 4.34. The first-order valence-corrected chi connectivity index (χ1v) is 6.81. The van der Waals surface area contributed by atoms with Crippen LogP contribution < -0.4 is 0 Å². The number of benzene rings is 1. The summed E-state index contributed by atoms with van der Waals surface area (Å²) >= 11 is 0. The lowest BCUT2D eigenvalue weighted by Crippen LogP contribution is -2.43. The summed E-state index contributed by atoms with van der Waals surface area (Å²) in [4.78, 5) is 15.7. The minimum Gasteiger partial charge on any atom is -0.478 e. The molecule has 20 heavy (non-hydrogen) atoms. The SMILES string of the molecule is COC1(Cn2c(C)nc3c(C(=O)O)cccc32)CCC1. The van der Waals surface area contributed by atoms with Gasteiger partial charge in [-0.1, -0.05) is 6.07 Å². The molecule has 0 amide bonds. The summed E-state index contributed by atoms with van der Waals surface area (Å²) in [7, 11) is 1.75. The van der Waals surface area contributed by atoms with Crippen LogP contribution >= 0.6 is 0 Å². The Balaban J connectivity index is 2.09. The summed E-state index contributed by atoms with van der Waals surface area (Å²) in [5.74, 6) is -0.109. The molecule has 0 spiro atoms. The number of rotatable bonds is 4. The van der Waals surface area contributed by atoms with Crippen LogP contribution in [0, 0.1) is 6.92 Å². The van der Waals surface area contributed by atoms with Gasteiger partial charge in [0.25, 0.3) is 0 Å². The Hall–Kier alpha value is -1.88. The molecule has 5 heteroatoms. The number of hydrogen-bond acceptors (Lipinski definition) is 3. The van der Waals surface area contributed by atoms with E-state index in [0.29, 0.717) is 5.52 Å². The molecule has 1 aliphatic rings. The third-order valence-corrected chi connectivity index (χ3v) is 4.34. The van der Waals surface area contributed by atoms with Crippen molar-refractivity contribution < 1.29 is 14.6 Å². The van der Waals surface area contributed by atoms with E-state index < -0.39 is 5.97 Å². The van der Waals surface area contributed by atoms with E-state index in [2.05, 4.69) is 9.55 Å². The second-order valence-electron chi connectivity index (χ2n) is 5.46. The van der Waals surface area contributed by atoms with Gasteiger partial charge in [0.15, 0.2) is 0 Å². The van der Waals surface area contributed by atoms with Crippen LogP contribution in [0.15, 0.2) is 18.2 Å². The number of hydrogen-bond donors (Lipinski definition) is 1. The summed E-state index contributed by atoms with van der Waals surface area (Å²) in [6, 6.07) is 5.28. The van der Waals surface area contributed by atoms with Gasteiger partial charge in [-0.05, 0) is 38.3 Å². The molecule has 2 aromatic rings. The van der Waals surface area contributed by atoms with Gasteiger partial charge in [-0.2, -0.15) is 0 Å². The van der Waals surface area contributed by atoms with Gasteiger partial charge in [0.2, 0.25) is 0 Å². The fourth-order valence-corrected chi connectivity index (χ4v) is 2.92. The molecule has 0 radical (unpaired) electrons. The monoisotopic (exact) mass is 274 g/mol. The lowest BCUT2D eigenvalue weighted by atomic mass is 9.80. The Morgan fingerprint density at radius 1 is 1.50 bits per heavy atom. The Labute approximate surface area is 117 Å². The maximum atomic E-state index is 11.3. The van der Waals surface area contributed by atoms with Crippen LogP contribution in [0.1, 0.15) is 35.4 Å². The maximum absolute atomic E-state index is 11.3. The summed E-state index contributed by atoms with van der Waals surface area (Å²) in [5.41, 5.74) is 1.57. The van der Waals surface area contributed by atoms with Gasteiger partial charge in [-0.25, -0.2) is 9.78 Å². The molecule has 3 rings (SSSR count). The Morgan fingerprint density at radius 2 is 2.25 bits per heavy atom. The predicted octanol–water partition coefficient (Wildman–Crippen LogP) is 2.61. The van der Waals surface area contributed by atoms with Crippen molar-refractivity contribution in [3.05, 3.63) is 29.6 Å². The highest BCUT2D eigenvalue weighted by atomic mass is 16.5. The zero-order valence-corrected chi connectivity index (χ0v) is 11.7. The van der Waals surface area contributed by atoms with Crippen LogP contribution in [0.25, 0.3) is 11.0 Å². The largest absolute Gasteiger partial charge is 0.478 e. The molecule has 0 saturated heterocycles. The normalized spacial score (nSPS) is 17.1. The van der Waals surface area contributed by atoms with Crippen LogP contribution in [0.3, 0.4) is 0 Å². The van der Waals surface area contributed by atoms with Crippen molar-refractivity contribution in [1.82, 2.24) is 9.55 Å². The number of nitrogens with zero attached hydrogens (tertiary/aromatic N) is 2. The second kappa shape index (κ2) is 4.59. The van der Waals surface area contributed by atoms with Gasteiger partial charge < -0.3 is 14.4 Å². The number of carboxylic acid groups (broad SMARTS) is 1. The smallest absolute Gasteiger partial charge is 0.337 e. The van der Waals surface area contributed by atoms with Gasteiger partial charge in [0, 0.05) is 7.11 Å². The number of methoxy groups -OCH3 is 1. The van der Waals surface area contributed by atoms with E-state index in [4.69, 9.17) is 4.74 Å². The predicted molar refractivity (Wildman–Crippen MR) is 75.0 cm³/mol. The Kier molecular flexibility index (Phi) is 3.01. The number of ether oxygens (including phenoxy) is 1. The summed E-state index contributed by atoms with van der Waals surface area (Å²) < 4.78 is 7.74. The minimum absolute atomic E-state index is 0.113. The first-order valence-electron chi connectivity index (χ1n) is 6.81. The number of aromatic nitrogens is 2. The average molecular weight is 274 g/mol. The number of aromatic carboxylic acids is 1. The molecule has 1 aromatic heterocycles. The molecule has 0 unspecified atom stereocenters. The van der Waals surface area contributed by atoms with Gasteiger partial charge in [0.05, 0.1) is 23.2 Å². The molecule has 5 nitrogen and oxygen atoms in total. The lowest BCUT2D eigenvalue weighted by Gasteiger charge is -2.41. The molecular weight excluding hydrogens is 256 g/mol. The highest BCUT2D eigenvalue weighted by Crippen LogP contribution is 2.37. The summed E-state index contributed by atoms with van der Waals surface area (Å²) in [6.45, 7) is 2.64. The van der Waals surface area contributed by atoms with E-state index in [1.807, 2.05) is 13.0 Å². The van der Waals surface area contributed by atoms with Gasteiger partial charge in [-0.3, -0.25) is 0 Å². The molecule has 1 N–H and O–H groups in total. The first kappa shape index (κ1) is 13.1. The fraction of sp³-hybridized carbons (Fsp3) is 0.467. The molecule has 1 aliphatic carbocycles. The number of carboxylic acids is 1. The maximum Gasteiger partial charge on any atom is 0.337 e. The fourth-order valence-electron chi connectivity index (χ4n) is 2.92. The van der Waals surface area contributed by atoms with Crippen molar-refractivity contribution in [2.45, 2.75) is 38.3 Å². The van der Waals surface area contributed by atoms with Gasteiger partial charge in [0.1, 0.15) is 11.3 Å². The van der Waals surface area contributed by atoms with Crippen molar-refractivity contribution in [2.75, 3.05) is 7.11 Å².